The molecule has 2 rings (SSSR count). The number of hydrogen-bond donors (Lipinski definition) is 2. The van der Waals surface area contributed by atoms with Crippen LogP contribution in [0, 0.1) is 0 Å². The zero-order valence-corrected chi connectivity index (χ0v) is 10.2. The van der Waals surface area contributed by atoms with E-state index in [1.54, 1.807) is 12.1 Å². The Hall–Kier alpha value is -1.59. The third-order valence-electron chi connectivity index (χ3n) is 3.19. The molecule has 98 valence electrons. The van der Waals surface area contributed by atoms with Gasteiger partial charge in [0.2, 0.25) is 6.41 Å². The molecule has 1 unspecified atom stereocenters. The van der Waals surface area contributed by atoms with Crippen LogP contribution in [0.15, 0.2) is 24.3 Å². The fraction of sp³-hybridized carbons (Fsp3) is 0.462. The van der Waals surface area contributed by atoms with E-state index in [1.807, 2.05) is 12.1 Å². The second-order valence-corrected chi connectivity index (χ2v) is 4.35. The molecule has 0 radical (unpaired) electrons. The van der Waals surface area contributed by atoms with Crippen LogP contribution in [0.25, 0.3) is 0 Å². The highest BCUT2D eigenvalue weighted by atomic mass is 16.5. The van der Waals surface area contributed by atoms with Crippen molar-refractivity contribution in [1.82, 2.24) is 4.90 Å². The van der Waals surface area contributed by atoms with Gasteiger partial charge in [-0.25, -0.2) is 0 Å². The Morgan fingerprint density at radius 3 is 2.89 bits per heavy atom. The molecule has 1 aliphatic heterocycles. The van der Waals surface area contributed by atoms with Gasteiger partial charge in [0, 0.05) is 18.3 Å². The molecule has 0 aromatic heterocycles. The highest BCUT2D eigenvalue weighted by molar-refractivity contribution is 5.71. The molecule has 1 fully saturated rings. The highest BCUT2D eigenvalue weighted by Gasteiger charge is 2.23. The lowest BCUT2D eigenvalue weighted by Crippen LogP contribution is -2.35. The van der Waals surface area contributed by atoms with Crippen molar-refractivity contribution in [2.75, 3.05) is 25.2 Å². The second-order valence-electron chi connectivity index (χ2n) is 4.35. The molecule has 1 heterocycles. The van der Waals surface area contributed by atoms with Crippen LogP contribution >= 0.6 is 0 Å². The van der Waals surface area contributed by atoms with Crippen molar-refractivity contribution in [2.24, 2.45) is 0 Å². The fourth-order valence-electron chi connectivity index (χ4n) is 2.14. The van der Waals surface area contributed by atoms with Gasteiger partial charge >= 0.3 is 0 Å². The Labute approximate surface area is 106 Å². The van der Waals surface area contributed by atoms with E-state index in [9.17, 15) is 9.90 Å². The molecular weight excluding hydrogens is 232 g/mol. The minimum absolute atomic E-state index is 0.186. The molecule has 1 aromatic carbocycles. The minimum Gasteiger partial charge on any atom is -0.478 e. The van der Waals surface area contributed by atoms with Crippen LogP contribution in [0.2, 0.25) is 0 Å². The van der Waals surface area contributed by atoms with Gasteiger partial charge in [0.25, 0.3) is 0 Å². The average Bonchev–Trinajstić information content (AvgIpc) is 2.86. The Balaban J connectivity index is 1.84. The molecule has 0 aliphatic carbocycles. The van der Waals surface area contributed by atoms with Gasteiger partial charge in [0.1, 0.15) is 12.5 Å². The number of anilines is 1. The first-order valence-corrected chi connectivity index (χ1v) is 6.11. The van der Waals surface area contributed by atoms with E-state index in [1.165, 1.54) is 0 Å². The number of hydrogen-bond acceptors (Lipinski definition) is 4. The predicted molar refractivity (Wildman–Crippen MR) is 68.4 cm³/mol. The number of nitrogens with zero attached hydrogens (tertiary/aromatic N) is 1. The van der Waals surface area contributed by atoms with E-state index in [4.69, 9.17) is 4.74 Å². The lowest BCUT2D eigenvalue weighted by molar-refractivity contribution is -0.105. The van der Waals surface area contributed by atoms with Gasteiger partial charge in [-0.3, -0.25) is 9.69 Å². The van der Waals surface area contributed by atoms with Crippen LogP contribution in [-0.2, 0) is 4.79 Å². The molecule has 5 heteroatoms. The Bertz CT molecular complexity index is 380. The number of aliphatic hydroxyl groups excluding tert-OH is 1. The zero-order valence-electron chi connectivity index (χ0n) is 10.2. The average molecular weight is 250 g/mol. The number of aliphatic hydroxyl groups is 1. The number of amides is 1. The van der Waals surface area contributed by atoms with Crippen LogP contribution in [0.5, 0.6) is 5.75 Å². The predicted octanol–water partition coefficient (Wildman–Crippen LogP) is 1.05. The molecule has 1 saturated heterocycles. The molecule has 18 heavy (non-hydrogen) atoms. The lowest BCUT2D eigenvalue weighted by atomic mass is 10.2. The van der Waals surface area contributed by atoms with Gasteiger partial charge in [0.05, 0.1) is 6.61 Å². The van der Waals surface area contributed by atoms with Crippen molar-refractivity contribution in [2.45, 2.75) is 18.9 Å². The van der Waals surface area contributed by atoms with Crippen molar-refractivity contribution in [3.8, 4) is 5.75 Å². The van der Waals surface area contributed by atoms with Crippen LogP contribution in [-0.4, -0.2) is 42.3 Å². The summed E-state index contributed by atoms with van der Waals surface area (Å²) in [5, 5.41) is 11.8. The fourth-order valence-corrected chi connectivity index (χ4v) is 2.14. The standard InChI is InChI=1S/C13H18N2O3/c16-8-12-2-1-7-15(12)10-18-13-5-3-11(4-6-13)14-9-17/h3-6,9,12,16H,1-2,7-8,10H2,(H,14,17). The quantitative estimate of drug-likeness (QED) is 0.741. The minimum atomic E-state index is 0.186. The lowest BCUT2D eigenvalue weighted by Gasteiger charge is -2.22. The first kappa shape index (κ1) is 12.9. The number of carbonyl (C=O) groups is 1. The van der Waals surface area contributed by atoms with Gasteiger partial charge in [-0.05, 0) is 37.1 Å². The molecule has 0 bridgehead atoms. The van der Waals surface area contributed by atoms with E-state index in [-0.39, 0.29) is 12.6 Å². The summed E-state index contributed by atoms with van der Waals surface area (Å²) in [4.78, 5) is 12.4. The maximum Gasteiger partial charge on any atom is 0.211 e. The number of ether oxygens (including phenoxy) is 1. The van der Waals surface area contributed by atoms with Crippen molar-refractivity contribution in [1.29, 1.82) is 0 Å². The normalized spacial score (nSPS) is 19.7. The number of likely N-dealkylation sites (tertiary alicyclic amines) is 1. The molecule has 5 nitrogen and oxygen atoms in total. The second kappa shape index (κ2) is 6.37. The maximum atomic E-state index is 10.3. The summed E-state index contributed by atoms with van der Waals surface area (Å²) in [5.41, 5.74) is 0.742. The van der Waals surface area contributed by atoms with Crippen LogP contribution < -0.4 is 10.1 Å². The molecule has 1 aliphatic rings. The summed E-state index contributed by atoms with van der Waals surface area (Å²) in [7, 11) is 0. The number of rotatable bonds is 6. The zero-order chi connectivity index (χ0) is 12.8. The van der Waals surface area contributed by atoms with Gasteiger partial charge in [-0.15, -0.1) is 0 Å². The number of carbonyl (C=O) groups excluding carboxylic acids is 1. The van der Waals surface area contributed by atoms with Crippen LogP contribution in [0.4, 0.5) is 5.69 Å². The molecule has 2 N–H and O–H groups in total. The summed E-state index contributed by atoms with van der Waals surface area (Å²) in [6, 6.07) is 7.43. The first-order valence-electron chi connectivity index (χ1n) is 6.11. The third-order valence-corrected chi connectivity index (χ3v) is 3.19. The summed E-state index contributed by atoms with van der Waals surface area (Å²) in [6.07, 6.45) is 2.78. The molecule has 1 amide bonds. The van der Waals surface area contributed by atoms with E-state index >= 15 is 0 Å². The van der Waals surface area contributed by atoms with Gasteiger partial charge in [-0.1, -0.05) is 0 Å². The smallest absolute Gasteiger partial charge is 0.211 e. The van der Waals surface area contributed by atoms with Crippen molar-refractivity contribution in [3.63, 3.8) is 0 Å². The van der Waals surface area contributed by atoms with Crippen molar-refractivity contribution in [3.05, 3.63) is 24.3 Å². The van der Waals surface area contributed by atoms with Crippen molar-refractivity contribution < 1.29 is 14.6 Å². The Morgan fingerprint density at radius 2 is 2.22 bits per heavy atom. The summed E-state index contributed by atoms with van der Waals surface area (Å²) < 4.78 is 5.65. The van der Waals surface area contributed by atoms with E-state index in [0.29, 0.717) is 13.1 Å². The SMILES string of the molecule is O=CNc1ccc(OCN2CCCC2CO)cc1. The summed E-state index contributed by atoms with van der Waals surface area (Å²) in [6.45, 7) is 1.65. The summed E-state index contributed by atoms with van der Waals surface area (Å²) >= 11 is 0. The first-order chi connectivity index (χ1) is 8.83. The van der Waals surface area contributed by atoms with Gasteiger partial charge < -0.3 is 15.2 Å². The van der Waals surface area contributed by atoms with E-state index < -0.39 is 0 Å². The molecule has 1 atom stereocenters. The molecule has 0 spiro atoms. The molecule has 1 aromatic rings. The Kier molecular flexibility index (Phi) is 4.55. The maximum absolute atomic E-state index is 10.3. The number of benzene rings is 1. The number of nitrogens with one attached hydrogen (secondary N) is 1. The van der Waals surface area contributed by atoms with Gasteiger partial charge in [-0.2, -0.15) is 0 Å². The van der Waals surface area contributed by atoms with E-state index in [2.05, 4.69) is 10.2 Å². The van der Waals surface area contributed by atoms with Gasteiger partial charge in [0.15, 0.2) is 0 Å². The van der Waals surface area contributed by atoms with Crippen LogP contribution in [0.3, 0.4) is 0 Å². The topological polar surface area (TPSA) is 61.8 Å². The Morgan fingerprint density at radius 1 is 1.44 bits per heavy atom. The summed E-state index contributed by atoms with van der Waals surface area (Å²) in [5.74, 6) is 0.759. The third kappa shape index (κ3) is 3.21. The van der Waals surface area contributed by atoms with Crippen molar-refractivity contribution >= 4 is 12.1 Å². The molecular formula is C13H18N2O3. The van der Waals surface area contributed by atoms with Crippen LogP contribution in [0.1, 0.15) is 12.8 Å². The van der Waals surface area contributed by atoms with E-state index in [0.717, 1.165) is 30.8 Å². The highest BCUT2D eigenvalue weighted by Crippen LogP contribution is 2.19. The monoisotopic (exact) mass is 250 g/mol. The molecule has 0 saturated carbocycles. The largest absolute Gasteiger partial charge is 0.478 e.